The molecule has 2 unspecified atom stereocenters. The second-order valence-electron chi connectivity index (χ2n) is 13.5. The summed E-state index contributed by atoms with van der Waals surface area (Å²) in [6, 6.07) is 0. The molecule has 0 radical (unpaired) electrons. The first-order chi connectivity index (χ1) is 25.0. The fourth-order valence-corrected chi connectivity index (χ4v) is 5.17. The van der Waals surface area contributed by atoms with E-state index in [1.54, 1.807) is 0 Å². The lowest BCUT2D eigenvalue weighted by Gasteiger charge is -2.24. The van der Waals surface area contributed by atoms with Gasteiger partial charge in [0.15, 0.2) is 6.10 Å². The number of phosphoric acid groups is 1. The Morgan fingerprint density at radius 1 is 0.596 bits per heavy atom. The number of nitrogens with zero attached hydrogens (tertiary/aromatic N) is 1. The van der Waals surface area contributed by atoms with Crippen LogP contribution in [-0.2, 0) is 32.7 Å². The average molecular weight is 749 g/mol. The second-order valence-corrected chi connectivity index (χ2v) is 15.0. The number of ether oxygens (including phenoxy) is 2. The first kappa shape index (κ1) is 49.2. The number of quaternary nitrogens is 1. The molecule has 52 heavy (non-hydrogen) atoms. The van der Waals surface area contributed by atoms with Crippen molar-refractivity contribution in [2.45, 2.75) is 123 Å². The zero-order valence-corrected chi connectivity index (χ0v) is 33.9. The summed E-state index contributed by atoms with van der Waals surface area (Å²) in [6.07, 6.45) is 42.1. The van der Waals surface area contributed by atoms with Gasteiger partial charge >= 0.3 is 19.8 Å². The molecule has 2 atom stereocenters. The molecule has 0 aliphatic rings. The molecule has 0 aromatic carbocycles. The van der Waals surface area contributed by atoms with Gasteiger partial charge in [-0.1, -0.05) is 105 Å². The van der Waals surface area contributed by atoms with Gasteiger partial charge in [-0.25, -0.2) is 4.57 Å². The molecule has 0 amide bonds. The minimum atomic E-state index is -4.39. The maximum atomic E-state index is 12.6. The van der Waals surface area contributed by atoms with Crippen LogP contribution >= 0.6 is 7.82 Å². The highest BCUT2D eigenvalue weighted by Gasteiger charge is 2.27. The Hall–Kier alpha value is -2.81. The van der Waals surface area contributed by atoms with Crippen LogP contribution in [0, 0.1) is 0 Å². The highest BCUT2D eigenvalue weighted by Crippen LogP contribution is 2.43. The third-order valence-corrected chi connectivity index (χ3v) is 8.40. The van der Waals surface area contributed by atoms with Crippen LogP contribution in [0.3, 0.4) is 0 Å². The van der Waals surface area contributed by atoms with Crippen LogP contribution < -0.4 is 0 Å². The maximum absolute atomic E-state index is 12.6. The predicted molar refractivity (Wildman–Crippen MR) is 215 cm³/mol. The third kappa shape index (κ3) is 37.0. The number of likely N-dealkylation sites (N-methyl/N-ethyl adjacent to an activating group) is 1. The highest BCUT2D eigenvalue weighted by molar-refractivity contribution is 7.47. The average Bonchev–Trinajstić information content (AvgIpc) is 3.09. The molecule has 10 heteroatoms. The molecule has 1 N–H and O–H groups in total. The van der Waals surface area contributed by atoms with E-state index in [2.05, 4.69) is 98.9 Å². The Labute approximate surface area is 316 Å². The quantitative estimate of drug-likeness (QED) is 0.0232. The van der Waals surface area contributed by atoms with E-state index in [9.17, 15) is 19.0 Å². The van der Waals surface area contributed by atoms with Crippen LogP contribution in [0.1, 0.15) is 117 Å². The largest absolute Gasteiger partial charge is 0.472 e. The number of rotatable bonds is 33. The molecule has 0 aliphatic heterocycles. The summed E-state index contributed by atoms with van der Waals surface area (Å²) in [6.45, 7) is 4.06. The fraction of sp³-hybridized carbons (Fsp3) is 0.619. The van der Waals surface area contributed by atoms with Gasteiger partial charge in [0.25, 0.3) is 0 Å². The number of esters is 2. The Morgan fingerprint density at radius 2 is 1.04 bits per heavy atom. The van der Waals surface area contributed by atoms with Gasteiger partial charge in [0.1, 0.15) is 19.8 Å². The van der Waals surface area contributed by atoms with Gasteiger partial charge < -0.3 is 18.9 Å². The van der Waals surface area contributed by atoms with Gasteiger partial charge in [-0.05, 0) is 83.5 Å². The van der Waals surface area contributed by atoms with E-state index < -0.39 is 32.5 Å². The van der Waals surface area contributed by atoms with E-state index in [0.29, 0.717) is 23.9 Å². The minimum absolute atomic E-state index is 0.0137. The number of hydrogen-bond acceptors (Lipinski definition) is 7. The second kappa shape index (κ2) is 34.0. The van der Waals surface area contributed by atoms with Crippen molar-refractivity contribution in [3.05, 3.63) is 85.1 Å². The summed E-state index contributed by atoms with van der Waals surface area (Å²) in [5.74, 6) is -0.895. The molecule has 0 saturated heterocycles. The standard InChI is InChI=1S/C42H70NO8P/c1-6-8-10-12-14-16-18-20-21-23-25-27-29-31-33-35-42(45)51-40(39-50-52(46,47)49-37-36-43(3,4)5)38-48-41(44)34-32-30-28-26-24-22-19-17-15-13-11-9-7-2/h8-11,14-17,20-22,24-25,27,40H,6-7,12-13,18-19,23,26,28-39H2,1-5H3/p+1/b10-8-,11-9-,16-14-,17-15-,21-20-,24-22-,27-25-. The lowest BCUT2D eigenvalue weighted by atomic mass is 10.1. The van der Waals surface area contributed by atoms with Gasteiger partial charge in [0.2, 0.25) is 0 Å². The summed E-state index contributed by atoms with van der Waals surface area (Å²) >= 11 is 0. The molecule has 0 spiro atoms. The summed E-state index contributed by atoms with van der Waals surface area (Å²) in [5, 5.41) is 0. The molecular formula is C42H71NO8P+. The van der Waals surface area contributed by atoms with Crippen molar-refractivity contribution in [2.24, 2.45) is 0 Å². The monoisotopic (exact) mass is 748 g/mol. The number of hydrogen-bond donors (Lipinski definition) is 1. The number of carbonyl (C=O) groups is 2. The summed E-state index contributed by atoms with van der Waals surface area (Å²) in [4.78, 5) is 35.2. The number of phosphoric ester groups is 1. The maximum Gasteiger partial charge on any atom is 0.472 e. The summed E-state index contributed by atoms with van der Waals surface area (Å²) < 4.78 is 34.1. The van der Waals surface area contributed by atoms with Crippen molar-refractivity contribution in [3.8, 4) is 0 Å². The van der Waals surface area contributed by atoms with Crippen LogP contribution in [0.4, 0.5) is 0 Å². The Balaban J connectivity index is 4.58. The van der Waals surface area contributed by atoms with Crippen molar-refractivity contribution < 1.29 is 42.1 Å². The van der Waals surface area contributed by atoms with Crippen LogP contribution in [0.25, 0.3) is 0 Å². The number of allylic oxidation sites excluding steroid dienone is 14. The third-order valence-electron chi connectivity index (χ3n) is 7.42. The first-order valence-corrected chi connectivity index (χ1v) is 20.8. The van der Waals surface area contributed by atoms with Gasteiger partial charge in [-0.2, -0.15) is 0 Å². The van der Waals surface area contributed by atoms with Gasteiger partial charge in [-0.3, -0.25) is 18.6 Å². The fourth-order valence-electron chi connectivity index (χ4n) is 4.43. The lowest BCUT2D eigenvalue weighted by Crippen LogP contribution is -2.37. The predicted octanol–water partition coefficient (Wildman–Crippen LogP) is 10.5. The Bertz CT molecular complexity index is 1160. The van der Waals surface area contributed by atoms with E-state index in [1.807, 2.05) is 21.1 Å². The van der Waals surface area contributed by atoms with Gasteiger partial charge in [-0.15, -0.1) is 0 Å². The molecule has 0 saturated carbocycles. The van der Waals surface area contributed by atoms with Crippen molar-refractivity contribution in [3.63, 3.8) is 0 Å². The molecule has 9 nitrogen and oxygen atoms in total. The molecule has 296 valence electrons. The summed E-state index contributed by atoms with van der Waals surface area (Å²) in [5.41, 5.74) is 0. The van der Waals surface area contributed by atoms with Crippen LogP contribution in [0.5, 0.6) is 0 Å². The van der Waals surface area contributed by atoms with E-state index in [1.165, 1.54) is 0 Å². The molecule has 0 aromatic heterocycles. The van der Waals surface area contributed by atoms with Crippen LogP contribution in [-0.4, -0.2) is 74.9 Å². The minimum Gasteiger partial charge on any atom is -0.462 e. The van der Waals surface area contributed by atoms with E-state index in [0.717, 1.165) is 77.0 Å². The topological polar surface area (TPSA) is 108 Å². The molecule has 0 bridgehead atoms. The van der Waals surface area contributed by atoms with Crippen LogP contribution in [0.15, 0.2) is 85.1 Å². The SMILES string of the molecule is CC/C=C\C/C=C\C/C=C\C/C=C\CCCCC(=O)OC(COC(=O)CCCCC/C=C\C/C=C\C/C=C\CC)COP(=O)(O)OCC[N+](C)(C)C. The van der Waals surface area contributed by atoms with Gasteiger partial charge in [0.05, 0.1) is 27.7 Å². The van der Waals surface area contributed by atoms with Crippen molar-refractivity contribution in [1.29, 1.82) is 0 Å². The highest BCUT2D eigenvalue weighted by atomic mass is 31.2. The van der Waals surface area contributed by atoms with E-state index in [-0.39, 0.29) is 26.1 Å². The van der Waals surface area contributed by atoms with Gasteiger partial charge in [0, 0.05) is 12.8 Å². The molecule has 0 aromatic rings. The smallest absolute Gasteiger partial charge is 0.462 e. The lowest BCUT2D eigenvalue weighted by molar-refractivity contribution is -0.870. The Kier molecular flexibility index (Phi) is 32.2. The van der Waals surface area contributed by atoms with Crippen molar-refractivity contribution in [2.75, 3.05) is 47.5 Å². The van der Waals surface area contributed by atoms with Crippen LogP contribution in [0.2, 0.25) is 0 Å². The molecule has 0 rings (SSSR count). The molecule has 0 fully saturated rings. The summed E-state index contributed by atoms with van der Waals surface area (Å²) in [7, 11) is 1.41. The normalized spacial score (nSPS) is 14.7. The molecule has 0 heterocycles. The first-order valence-electron chi connectivity index (χ1n) is 19.3. The zero-order valence-electron chi connectivity index (χ0n) is 33.0. The van der Waals surface area contributed by atoms with E-state index in [4.69, 9.17) is 18.5 Å². The number of unbranched alkanes of at least 4 members (excludes halogenated alkanes) is 5. The number of carbonyl (C=O) groups excluding carboxylic acids is 2. The van der Waals surface area contributed by atoms with E-state index >= 15 is 0 Å². The zero-order chi connectivity index (χ0) is 38.6. The van der Waals surface area contributed by atoms with Crippen molar-refractivity contribution >= 4 is 19.8 Å². The Morgan fingerprint density at radius 3 is 1.54 bits per heavy atom. The molecule has 0 aliphatic carbocycles. The van der Waals surface area contributed by atoms with Crippen molar-refractivity contribution in [1.82, 2.24) is 0 Å². The molecular weight excluding hydrogens is 677 g/mol.